The van der Waals surface area contributed by atoms with Crippen molar-refractivity contribution in [2.24, 2.45) is 11.1 Å². The maximum absolute atomic E-state index is 15.4. The van der Waals surface area contributed by atoms with E-state index in [2.05, 4.69) is 31.9 Å². The molecular weight excluding hydrogens is 1040 g/mol. The molecule has 1 aliphatic rings. The fourth-order valence-electron chi connectivity index (χ4n) is 8.30. The average Bonchev–Trinajstić information content (AvgIpc) is 3.93. The minimum atomic E-state index is -1.80. The Balaban J connectivity index is 1.61. The Hall–Kier alpha value is -8.88. The number of nitrogens with two attached hydrogens (primary N) is 1. The number of imide groups is 1. The second kappa shape index (κ2) is 28.5. The van der Waals surface area contributed by atoms with Crippen molar-refractivity contribution in [3.8, 4) is 11.1 Å². The molecule has 11 N–H and O–H groups in total. The number of aliphatic carboxylic acids is 2. The summed E-state index contributed by atoms with van der Waals surface area (Å²) in [4.78, 5) is 154. The normalized spacial score (nSPS) is 14.4. The molecule has 3 aromatic rings. The smallest absolute Gasteiger partial charge is 0.326 e. The topological polar surface area (TPSA) is 375 Å². The van der Waals surface area contributed by atoms with Gasteiger partial charge in [-0.1, -0.05) is 51.1 Å². The lowest BCUT2D eigenvalue weighted by Gasteiger charge is -2.41. The third-order valence-electron chi connectivity index (χ3n) is 12.2. The number of amides is 10. The summed E-state index contributed by atoms with van der Waals surface area (Å²) in [7, 11) is 0. The molecule has 0 radical (unpaired) electrons. The van der Waals surface area contributed by atoms with Gasteiger partial charge in [0.25, 0.3) is 11.8 Å². The predicted molar refractivity (Wildman–Crippen MR) is 274 cm³/mol. The molecule has 2 heterocycles. The Labute approximate surface area is 451 Å². The zero-order chi connectivity index (χ0) is 58.9. The van der Waals surface area contributed by atoms with Crippen molar-refractivity contribution in [2.75, 3.05) is 26.2 Å². The van der Waals surface area contributed by atoms with Gasteiger partial charge in [0.1, 0.15) is 55.0 Å². The summed E-state index contributed by atoms with van der Waals surface area (Å²) < 4.78 is 31.7. The number of hydrogen-bond donors (Lipinski definition) is 10. The Bertz CT molecular complexity index is 2820. The molecule has 0 bridgehead atoms. The van der Waals surface area contributed by atoms with Crippen LogP contribution in [0.4, 0.5) is 8.78 Å². The minimum Gasteiger partial charge on any atom is -0.481 e. The lowest BCUT2D eigenvalue weighted by Crippen LogP contribution is -2.56. The van der Waals surface area contributed by atoms with E-state index in [4.69, 9.17) is 10.8 Å². The second-order valence-electron chi connectivity index (χ2n) is 19.5. The predicted octanol–water partition coefficient (Wildman–Crippen LogP) is -0.500. The summed E-state index contributed by atoms with van der Waals surface area (Å²) in [6, 6.07) is 4.68. The van der Waals surface area contributed by atoms with E-state index in [0.717, 1.165) is 35.9 Å². The highest BCUT2D eigenvalue weighted by molar-refractivity contribution is 6.14. The van der Waals surface area contributed by atoms with Crippen LogP contribution in [0.3, 0.4) is 0 Å². The molecule has 1 aliphatic heterocycles. The maximum atomic E-state index is 15.4. The van der Waals surface area contributed by atoms with Gasteiger partial charge in [0.2, 0.25) is 47.3 Å². The maximum Gasteiger partial charge on any atom is 0.326 e. The van der Waals surface area contributed by atoms with Crippen molar-refractivity contribution in [1.82, 2.24) is 46.3 Å². The number of aliphatic hydroxyl groups excluding tert-OH is 1. The number of primary amides is 1. The van der Waals surface area contributed by atoms with E-state index in [9.17, 15) is 72.1 Å². The van der Waals surface area contributed by atoms with Crippen LogP contribution in [-0.2, 0) is 64.1 Å². The molecular formula is C52H64F2N10O15. The molecule has 10 amide bonds. The van der Waals surface area contributed by atoms with Crippen LogP contribution >= 0.6 is 0 Å². The quantitative estimate of drug-likeness (QED) is 0.0392. The molecule has 0 fully saturated rings. The summed E-state index contributed by atoms with van der Waals surface area (Å²) in [5, 5.41) is 42.8. The summed E-state index contributed by atoms with van der Waals surface area (Å²) >= 11 is 0. The minimum absolute atomic E-state index is 0.0975. The number of nitrogens with one attached hydrogen (secondary N) is 6. The number of carboxylic acid groups (broad SMARTS) is 2. The zero-order valence-electron chi connectivity index (χ0n) is 43.9. The first-order valence-electron chi connectivity index (χ1n) is 24.7. The van der Waals surface area contributed by atoms with Crippen molar-refractivity contribution in [3.63, 3.8) is 0 Å². The van der Waals surface area contributed by atoms with E-state index in [1.54, 1.807) is 55.8 Å². The van der Waals surface area contributed by atoms with Crippen molar-refractivity contribution < 1.29 is 81.6 Å². The molecule has 1 aromatic heterocycles. The van der Waals surface area contributed by atoms with Gasteiger partial charge in [0.15, 0.2) is 0 Å². The number of carbonyl (C=O) groups excluding carboxylic acids is 10. The second-order valence-corrected chi connectivity index (χ2v) is 19.5. The summed E-state index contributed by atoms with van der Waals surface area (Å²) in [6.45, 7) is 5.19. The van der Waals surface area contributed by atoms with Gasteiger partial charge in [-0.05, 0) is 61.9 Å². The number of carboxylic acids is 2. The van der Waals surface area contributed by atoms with E-state index < -0.39 is 183 Å². The monoisotopic (exact) mass is 1110 g/mol. The highest BCUT2D eigenvalue weighted by atomic mass is 19.1. The van der Waals surface area contributed by atoms with E-state index >= 15 is 4.39 Å². The molecule has 0 saturated heterocycles. The van der Waals surface area contributed by atoms with Crippen LogP contribution in [0.2, 0.25) is 0 Å². The average molecular weight is 1110 g/mol. The van der Waals surface area contributed by atoms with Gasteiger partial charge in [0.05, 0.1) is 12.5 Å². The standard InChI is InChI=1S/C52H64F2N10O15/c1-28(57-41(68)26-64-42(69)14-15-43(64)70)48(75)58-29(2)49(76)61-37(47(55)74)23-40(67)59-35(50(77)56-19-17-39(66)60-36(51(78)79)13-16-45(72)73)18-20-63(44(71)27-65)46(52(3,4)5)38-21-31(33-22-32(53)11-12-34(33)54)25-62(38)24-30-9-7-6-8-10-30/h6-12,14-15,21-22,25,28-29,35-37,46,65H,13,16-20,23-24,26-27H2,1-5H3,(H2,55,74)(H,56,77)(H,57,68)(H,58,75)(H,59,67)(H,60,66)(H,61,76)(H,72,73)(H,78,79)/t28-,29-,35-,36-,37-,46-/m0/s1. The van der Waals surface area contributed by atoms with Crippen molar-refractivity contribution in [1.29, 1.82) is 0 Å². The van der Waals surface area contributed by atoms with Crippen LogP contribution in [-0.4, -0.2) is 157 Å². The summed E-state index contributed by atoms with van der Waals surface area (Å²) in [5.41, 5.74) is 5.92. The largest absolute Gasteiger partial charge is 0.481 e. The number of hydrogen-bond acceptors (Lipinski definition) is 13. The van der Waals surface area contributed by atoms with Crippen molar-refractivity contribution in [2.45, 2.75) is 110 Å². The van der Waals surface area contributed by atoms with Crippen LogP contribution in [0.25, 0.3) is 11.1 Å². The van der Waals surface area contributed by atoms with Gasteiger partial charge in [0, 0.05) is 67.6 Å². The van der Waals surface area contributed by atoms with Gasteiger partial charge in [-0.25, -0.2) is 13.6 Å². The fourth-order valence-corrected chi connectivity index (χ4v) is 8.30. The van der Waals surface area contributed by atoms with Crippen LogP contribution in [0, 0.1) is 17.0 Å². The number of benzene rings is 2. The van der Waals surface area contributed by atoms with E-state index in [-0.39, 0.29) is 17.7 Å². The number of halogens is 2. The number of carbonyl (C=O) groups is 12. The molecule has 426 valence electrons. The summed E-state index contributed by atoms with van der Waals surface area (Å²) in [6.07, 6.45) is 0.518. The first-order chi connectivity index (χ1) is 37.1. The molecule has 6 atom stereocenters. The van der Waals surface area contributed by atoms with Crippen molar-refractivity contribution >= 4 is 71.0 Å². The number of aliphatic hydroxyl groups is 1. The molecule has 25 nitrogen and oxygen atoms in total. The van der Waals surface area contributed by atoms with E-state index in [1.165, 1.54) is 18.7 Å². The highest BCUT2D eigenvalue weighted by Gasteiger charge is 2.39. The van der Waals surface area contributed by atoms with Crippen LogP contribution in [0.1, 0.15) is 84.0 Å². The van der Waals surface area contributed by atoms with E-state index in [1.807, 2.05) is 12.1 Å². The van der Waals surface area contributed by atoms with Crippen LogP contribution < -0.4 is 37.6 Å². The first-order valence-corrected chi connectivity index (χ1v) is 24.7. The lowest BCUT2D eigenvalue weighted by molar-refractivity contribution is -0.143. The lowest BCUT2D eigenvalue weighted by atomic mass is 9.82. The number of aromatic nitrogens is 1. The van der Waals surface area contributed by atoms with Gasteiger partial charge in [-0.3, -0.25) is 57.6 Å². The first kappa shape index (κ1) is 62.7. The van der Waals surface area contributed by atoms with E-state index in [0.29, 0.717) is 10.6 Å². The van der Waals surface area contributed by atoms with Gasteiger partial charge in [-0.2, -0.15) is 0 Å². The Morgan fingerprint density at radius 3 is 1.94 bits per heavy atom. The molecule has 0 aliphatic carbocycles. The van der Waals surface area contributed by atoms with Crippen LogP contribution in [0.5, 0.6) is 0 Å². The number of rotatable bonds is 29. The van der Waals surface area contributed by atoms with Crippen molar-refractivity contribution in [3.05, 3.63) is 95.8 Å². The molecule has 0 spiro atoms. The Morgan fingerprint density at radius 1 is 0.722 bits per heavy atom. The fraction of sp³-hybridized carbons (Fsp3) is 0.423. The van der Waals surface area contributed by atoms with Gasteiger partial charge in [-0.15, -0.1) is 0 Å². The molecule has 79 heavy (non-hydrogen) atoms. The SMILES string of the molecule is C[C@H](NC(=O)CN1C(=O)C=CC1=O)C(=O)N[C@@H](C)C(=O)N[C@@H](CC(=O)N[C@@H](CCN(C(=O)CO)[C@@H](c1cc(-c2cc(F)ccc2F)cn1Cc1ccccc1)C(C)(C)C)C(=O)NCCC(=O)N[C@@H](CCC(=O)O)C(=O)O)C(N)=O. The van der Waals surface area contributed by atoms with Gasteiger partial charge < -0.3 is 62.4 Å². The third-order valence-corrected chi connectivity index (χ3v) is 12.2. The highest BCUT2D eigenvalue weighted by Crippen LogP contribution is 2.41. The zero-order valence-corrected chi connectivity index (χ0v) is 43.9. The molecule has 0 saturated carbocycles. The molecule has 0 unspecified atom stereocenters. The summed E-state index contributed by atoms with van der Waals surface area (Å²) in [5.74, 6) is -13.7. The van der Waals surface area contributed by atoms with Crippen LogP contribution in [0.15, 0.2) is 72.9 Å². The molecule has 4 rings (SSSR count). The van der Waals surface area contributed by atoms with Gasteiger partial charge >= 0.3 is 11.9 Å². The molecule has 2 aromatic carbocycles. The Kier molecular flexibility index (Phi) is 22.6. The number of nitrogens with zero attached hydrogens (tertiary/aromatic N) is 3. The molecule has 27 heteroatoms. The Morgan fingerprint density at radius 2 is 1.34 bits per heavy atom. The third kappa shape index (κ3) is 18.7.